The second-order valence-electron chi connectivity index (χ2n) is 4.71. The second-order valence-corrected chi connectivity index (χ2v) is 4.71. The average Bonchev–Trinajstić information content (AvgIpc) is 2.20. The third-order valence-corrected chi connectivity index (χ3v) is 3.46. The van der Waals surface area contributed by atoms with E-state index in [2.05, 4.69) is 58.8 Å². The Morgan fingerprint density at radius 1 is 1.29 bits per heavy atom. The molecule has 14 heavy (non-hydrogen) atoms. The summed E-state index contributed by atoms with van der Waals surface area (Å²) in [6.07, 6.45) is 2.46. The van der Waals surface area contributed by atoms with Gasteiger partial charge in [0.1, 0.15) is 0 Å². The molecule has 0 radical (unpaired) electrons. The van der Waals surface area contributed by atoms with E-state index in [1.54, 1.807) is 0 Å². The van der Waals surface area contributed by atoms with Crippen LogP contribution in [0.2, 0.25) is 0 Å². The molecule has 1 aromatic rings. The fraction of sp³-hybridized carbons (Fsp3) is 0.615. The Labute approximate surface area is 89.0 Å². The molecule has 0 amide bonds. The summed E-state index contributed by atoms with van der Waals surface area (Å²) < 4.78 is 0. The second kappa shape index (κ2) is 4.77. The van der Waals surface area contributed by atoms with Gasteiger partial charge in [0.05, 0.1) is 0 Å². The van der Waals surface area contributed by atoms with Gasteiger partial charge in [-0.15, -0.1) is 0 Å². The molecule has 0 aliphatic carbocycles. The summed E-state index contributed by atoms with van der Waals surface area (Å²) in [5, 5.41) is 0. The molecule has 0 fully saturated rings. The summed E-state index contributed by atoms with van der Waals surface area (Å²) in [6.45, 7) is 11.6. The standard InChI is InChI=1S/C13H21B/c1-5-11(13(3,4)6-2)12-9-7-8-10-14-12/h7-11H,5-6H2,1-4H3. The van der Waals surface area contributed by atoms with Gasteiger partial charge in [-0.3, -0.25) is 0 Å². The Balaban J connectivity index is 2.93. The maximum atomic E-state index is 2.37. The molecule has 0 nitrogen and oxygen atoms in total. The zero-order valence-electron chi connectivity index (χ0n) is 9.88. The van der Waals surface area contributed by atoms with Crippen LogP contribution in [0.25, 0.3) is 0 Å². The first kappa shape index (κ1) is 11.5. The first-order valence-corrected chi connectivity index (χ1v) is 5.66. The SMILES string of the molecule is CCC(c1bcccc1)C(C)(C)CC. The van der Waals surface area contributed by atoms with Crippen molar-refractivity contribution >= 4 is 6.91 Å². The molecule has 1 heteroatoms. The van der Waals surface area contributed by atoms with Crippen LogP contribution in [0, 0.1) is 5.41 Å². The first-order valence-electron chi connectivity index (χ1n) is 5.66. The van der Waals surface area contributed by atoms with Gasteiger partial charge in [-0.1, -0.05) is 0 Å². The molecule has 0 aliphatic rings. The van der Waals surface area contributed by atoms with E-state index in [0.717, 1.165) is 0 Å². The van der Waals surface area contributed by atoms with Crippen molar-refractivity contribution in [2.75, 3.05) is 0 Å². The van der Waals surface area contributed by atoms with E-state index in [9.17, 15) is 0 Å². The molecule has 0 N–H and O–H groups in total. The van der Waals surface area contributed by atoms with Gasteiger partial charge in [-0.2, -0.15) is 0 Å². The molecule has 0 spiro atoms. The minimum absolute atomic E-state index is 0.413. The monoisotopic (exact) mass is 188 g/mol. The molecule has 1 rings (SSSR count). The van der Waals surface area contributed by atoms with Crippen LogP contribution in [0.1, 0.15) is 51.9 Å². The van der Waals surface area contributed by atoms with E-state index in [1.807, 2.05) is 0 Å². The molecule has 0 saturated carbocycles. The third kappa shape index (κ3) is 2.46. The Morgan fingerprint density at radius 2 is 2.00 bits per heavy atom. The van der Waals surface area contributed by atoms with E-state index in [1.165, 1.54) is 18.3 Å². The van der Waals surface area contributed by atoms with Crippen molar-refractivity contribution in [3.05, 3.63) is 29.6 Å². The van der Waals surface area contributed by atoms with Gasteiger partial charge in [0.2, 0.25) is 0 Å². The van der Waals surface area contributed by atoms with Crippen molar-refractivity contribution in [3.63, 3.8) is 0 Å². The molecule has 0 aliphatic heterocycles. The maximum absolute atomic E-state index is 2.37. The zero-order valence-corrected chi connectivity index (χ0v) is 9.88. The first-order chi connectivity index (χ1) is 6.61. The Morgan fingerprint density at radius 3 is 2.43 bits per heavy atom. The van der Waals surface area contributed by atoms with E-state index >= 15 is 0 Å². The molecule has 0 aromatic carbocycles. The van der Waals surface area contributed by atoms with Gasteiger partial charge in [0.15, 0.2) is 0 Å². The van der Waals surface area contributed by atoms with Crippen LogP contribution in [-0.2, 0) is 0 Å². The summed E-state index contributed by atoms with van der Waals surface area (Å²) in [4.78, 5) is 0. The average molecular weight is 188 g/mol. The van der Waals surface area contributed by atoms with Gasteiger partial charge in [-0.25, -0.2) is 0 Å². The predicted octanol–water partition coefficient (Wildman–Crippen LogP) is 3.95. The van der Waals surface area contributed by atoms with E-state index in [4.69, 9.17) is 0 Å². The van der Waals surface area contributed by atoms with Crippen molar-refractivity contribution in [1.82, 2.24) is 0 Å². The number of rotatable bonds is 4. The Hall–Kier alpha value is -0.585. The van der Waals surface area contributed by atoms with Crippen LogP contribution in [-0.4, -0.2) is 6.91 Å². The van der Waals surface area contributed by atoms with Crippen LogP contribution >= 0.6 is 0 Å². The molecular formula is C13H21B. The summed E-state index contributed by atoms with van der Waals surface area (Å²) >= 11 is 0. The van der Waals surface area contributed by atoms with E-state index in [-0.39, 0.29) is 0 Å². The zero-order chi connectivity index (χ0) is 10.6. The molecule has 1 unspecified atom stereocenters. The number of hydrogen-bond donors (Lipinski definition) is 0. The van der Waals surface area contributed by atoms with Gasteiger partial charge < -0.3 is 0 Å². The van der Waals surface area contributed by atoms with Crippen LogP contribution in [0.5, 0.6) is 0 Å². The molecule has 0 bridgehead atoms. The van der Waals surface area contributed by atoms with Gasteiger partial charge in [-0.05, 0) is 0 Å². The third-order valence-electron chi connectivity index (χ3n) is 3.46. The summed E-state index contributed by atoms with van der Waals surface area (Å²) in [5.41, 5.74) is 1.90. The van der Waals surface area contributed by atoms with Crippen molar-refractivity contribution in [3.8, 4) is 0 Å². The van der Waals surface area contributed by atoms with Crippen LogP contribution in [0.3, 0.4) is 0 Å². The molecule has 1 heterocycles. The van der Waals surface area contributed by atoms with E-state index in [0.29, 0.717) is 11.3 Å². The quantitative estimate of drug-likeness (QED) is 0.670. The minimum atomic E-state index is 0.413. The van der Waals surface area contributed by atoms with Crippen LogP contribution in [0.4, 0.5) is 0 Å². The number of hydrogen-bond acceptors (Lipinski definition) is 0. The van der Waals surface area contributed by atoms with E-state index < -0.39 is 0 Å². The van der Waals surface area contributed by atoms with Crippen molar-refractivity contribution < 1.29 is 0 Å². The predicted molar refractivity (Wildman–Crippen MR) is 64.9 cm³/mol. The van der Waals surface area contributed by atoms with Crippen molar-refractivity contribution in [2.45, 2.75) is 46.5 Å². The summed E-state index contributed by atoms with van der Waals surface area (Å²) in [5.74, 6) is 2.83. The Bertz CT molecular complexity index is 264. The fourth-order valence-corrected chi connectivity index (χ4v) is 2.17. The van der Waals surface area contributed by atoms with Crippen molar-refractivity contribution in [2.24, 2.45) is 5.41 Å². The van der Waals surface area contributed by atoms with Gasteiger partial charge in [0, 0.05) is 0 Å². The van der Waals surface area contributed by atoms with Crippen LogP contribution < -0.4 is 0 Å². The topological polar surface area (TPSA) is 0 Å². The molecule has 0 saturated heterocycles. The van der Waals surface area contributed by atoms with Crippen LogP contribution in [0.15, 0.2) is 24.2 Å². The van der Waals surface area contributed by atoms with Crippen molar-refractivity contribution in [1.29, 1.82) is 0 Å². The fourth-order valence-electron chi connectivity index (χ4n) is 2.17. The normalized spacial score (nSPS) is 13.7. The Kier molecular flexibility index (Phi) is 3.91. The summed E-state index contributed by atoms with van der Waals surface area (Å²) in [7, 11) is 0. The van der Waals surface area contributed by atoms with Gasteiger partial charge >= 0.3 is 88.4 Å². The molecular weight excluding hydrogens is 167 g/mol. The summed E-state index contributed by atoms with van der Waals surface area (Å²) in [6, 6.07) is 6.49. The molecule has 1 aromatic heterocycles. The molecule has 1 atom stereocenters. The molecule has 76 valence electrons. The van der Waals surface area contributed by atoms with Gasteiger partial charge in [0.25, 0.3) is 0 Å².